The van der Waals surface area contributed by atoms with E-state index in [4.69, 9.17) is 11.6 Å². The first-order valence-corrected chi connectivity index (χ1v) is 7.50. The van der Waals surface area contributed by atoms with Crippen molar-refractivity contribution in [3.63, 3.8) is 0 Å². The van der Waals surface area contributed by atoms with Crippen LogP contribution in [0, 0.1) is 0 Å². The van der Waals surface area contributed by atoms with Crippen molar-refractivity contribution in [3.05, 3.63) is 30.1 Å². The first-order chi connectivity index (χ1) is 8.02. The SMILES string of the molecule is CCN(Cc1ccncc1)S(=O)(=O)C(C)CCl. The van der Waals surface area contributed by atoms with Crippen molar-refractivity contribution in [1.82, 2.24) is 9.29 Å². The van der Waals surface area contributed by atoms with Crippen molar-refractivity contribution in [3.8, 4) is 0 Å². The quantitative estimate of drug-likeness (QED) is 0.745. The lowest BCUT2D eigenvalue weighted by Gasteiger charge is -2.23. The topological polar surface area (TPSA) is 50.3 Å². The number of sulfonamides is 1. The van der Waals surface area contributed by atoms with E-state index in [-0.39, 0.29) is 5.88 Å². The van der Waals surface area contributed by atoms with Gasteiger partial charge in [-0.1, -0.05) is 6.92 Å². The molecule has 1 aromatic rings. The van der Waals surface area contributed by atoms with Gasteiger partial charge >= 0.3 is 0 Å². The minimum absolute atomic E-state index is 0.106. The highest BCUT2D eigenvalue weighted by molar-refractivity contribution is 7.89. The van der Waals surface area contributed by atoms with Gasteiger partial charge in [-0.15, -0.1) is 11.6 Å². The highest BCUT2D eigenvalue weighted by Crippen LogP contribution is 2.14. The van der Waals surface area contributed by atoms with E-state index in [0.717, 1.165) is 5.56 Å². The molecule has 1 atom stereocenters. The van der Waals surface area contributed by atoms with Crippen LogP contribution in [0.25, 0.3) is 0 Å². The number of pyridine rings is 1. The molecule has 0 aromatic carbocycles. The standard InChI is InChI=1S/C11H17ClN2O2S/c1-3-14(17(15,16)10(2)8-12)9-11-4-6-13-7-5-11/h4-7,10H,3,8-9H2,1-2H3. The Kier molecular flexibility index (Phi) is 5.36. The van der Waals surface area contributed by atoms with Crippen LogP contribution in [0.5, 0.6) is 0 Å². The molecule has 0 fully saturated rings. The number of nitrogens with zero attached hydrogens (tertiary/aromatic N) is 2. The van der Waals surface area contributed by atoms with Gasteiger partial charge in [-0.2, -0.15) is 4.31 Å². The Morgan fingerprint density at radius 3 is 2.47 bits per heavy atom. The van der Waals surface area contributed by atoms with Crippen LogP contribution in [-0.2, 0) is 16.6 Å². The van der Waals surface area contributed by atoms with Crippen LogP contribution >= 0.6 is 11.6 Å². The minimum atomic E-state index is -3.32. The lowest BCUT2D eigenvalue weighted by molar-refractivity contribution is 0.418. The first kappa shape index (κ1) is 14.4. The molecular weight excluding hydrogens is 260 g/mol. The summed E-state index contributed by atoms with van der Waals surface area (Å²) in [6.45, 7) is 4.24. The van der Waals surface area contributed by atoms with Gasteiger partial charge in [-0.05, 0) is 24.6 Å². The highest BCUT2D eigenvalue weighted by Gasteiger charge is 2.26. The molecule has 0 spiro atoms. The first-order valence-electron chi connectivity index (χ1n) is 5.46. The summed E-state index contributed by atoms with van der Waals surface area (Å²) in [7, 11) is -3.32. The molecule has 4 nitrogen and oxygen atoms in total. The third-order valence-electron chi connectivity index (χ3n) is 2.55. The third kappa shape index (κ3) is 3.66. The average molecular weight is 277 g/mol. The van der Waals surface area contributed by atoms with Gasteiger partial charge in [0.2, 0.25) is 10.0 Å². The summed E-state index contributed by atoms with van der Waals surface area (Å²) in [5.41, 5.74) is 0.923. The molecule has 0 N–H and O–H groups in total. The van der Waals surface area contributed by atoms with Crippen molar-refractivity contribution in [2.45, 2.75) is 25.6 Å². The maximum absolute atomic E-state index is 12.1. The summed E-state index contributed by atoms with van der Waals surface area (Å²) >= 11 is 5.62. The molecule has 0 aliphatic heterocycles. The fourth-order valence-electron chi connectivity index (χ4n) is 1.41. The van der Waals surface area contributed by atoms with E-state index in [1.165, 1.54) is 4.31 Å². The predicted octanol–water partition coefficient (Wildman–Crippen LogP) is 1.86. The molecule has 1 aromatic heterocycles. The molecule has 0 saturated carbocycles. The van der Waals surface area contributed by atoms with Crippen molar-refractivity contribution >= 4 is 21.6 Å². The Morgan fingerprint density at radius 2 is 2.00 bits per heavy atom. The van der Waals surface area contributed by atoms with E-state index in [2.05, 4.69) is 4.98 Å². The Bertz CT molecular complexity index is 436. The van der Waals surface area contributed by atoms with Crippen molar-refractivity contribution in [2.75, 3.05) is 12.4 Å². The summed E-state index contributed by atoms with van der Waals surface area (Å²) in [5, 5.41) is -0.564. The fraction of sp³-hybridized carbons (Fsp3) is 0.545. The molecule has 1 heterocycles. The smallest absolute Gasteiger partial charge is 0.218 e. The molecule has 0 radical (unpaired) electrons. The Hall–Kier alpha value is -0.650. The van der Waals surface area contributed by atoms with E-state index in [1.54, 1.807) is 19.3 Å². The van der Waals surface area contributed by atoms with E-state index >= 15 is 0 Å². The fourth-order valence-corrected chi connectivity index (χ4v) is 3.24. The maximum Gasteiger partial charge on any atom is 0.218 e. The second-order valence-corrected chi connectivity index (χ2v) is 6.45. The van der Waals surface area contributed by atoms with E-state index in [1.807, 2.05) is 19.1 Å². The zero-order valence-electron chi connectivity index (χ0n) is 10.0. The van der Waals surface area contributed by atoms with Crippen LogP contribution < -0.4 is 0 Å². The second-order valence-electron chi connectivity index (χ2n) is 3.79. The third-order valence-corrected chi connectivity index (χ3v) is 5.48. The van der Waals surface area contributed by atoms with Crippen LogP contribution in [0.3, 0.4) is 0 Å². The van der Waals surface area contributed by atoms with E-state index in [9.17, 15) is 8.42 Å². The number of hydrogen-bond acceptors (Lipinski definition) is 3. The maximum atomic E-state index is 12.1. The molecule has 0 aliphatic rings. The zero-order valence-corrected chi connectivity index (χ0v) is 11.6. The molecule has 17 heavy (non-hydrogen) atoms. The zero-order chi connectivity index (χ0) is 12.9. The Balaban J connectivity index is 2.86. The number of hydrogen-bond donors (Lipinski definition) is 0. The predicted molar refractivity (Wildman–Crippen MR) is 69.4 cm³/mol. The lowest BCUT2D eigenvalue weighted by Crippen LogP contribution is -2.37. The molecule has 96 valence electrons. The molecule has 0 aliphatic carbocycles. The average Bonchev–Trinajstić information content (AvgIpc) is 2.35. The molecule has 0 saturated heterocycles. The van der Waals surface area contributed by atoms with Gasteiger partial charge in [0.05, 0.1) is 5.25 Å². The van der Waals surface area contributed by atoms with Crippen LogP contribution in [0.15, 0.2) is 24.5 Å². The summed E-state index contributed by atoms with van der Waals surface area (Å²) in [5.74, 6) is 0.106. The summed E-state index contributed by atoms with van der Waals surface area (Å²) in [6, 6.07) is 3.62. The molecular formula is C11H17ClN2O2S. The summed E-state index contributed by atoms with van der Waals surface area (Å²) in [4.78, 5) is 3.90. The lowest BCUT2D eigenvalue weighted by atomic mass is 10.3. The summed E-state index contributed by atoms with van der Waals surface area (Å²) < 4.78 is 25.7. The van der Waals surface area contributed by atoms with Crippen molar-refractivity contribution < 1.29 is 8.42 Å². The van der Waals surface area contributed by atoms with Crippen molar-refractivity contribution in [1.29, 1.82) is 0 Å². The van der Waals surface area contributed by atoms with Crippen LogP contribution in [0.1, 0.15) is 19.4 Å². The van der Waals surface area contributed by atoms with Crippen molar-refractivity contribution in [2.24, 2.45) is 0 Å². The number of halogens is 1. The Labute approximate surface area is 108 Å². The minimum Gasteiger partial charge on any atom is -0.265 e. The van der Waals surface area contributed by atoms with Gasteiger partial charge in [0, 0.05) is 31.4 Å². The summed E-state index contributed by atoms with van der Waals surface area (Å²) in [6.07, 6.45) is 3.31. The number of alkyl halides is 1. The van der Waals surface area contributed by atoms with Gasteiger partial charge in [0.15, 0.2) is 0 Å². The van der Waals surface area contributed by atoms with Crippen LogP contribution in [0.2, 0.25) is 0 Å². The number of rotatable bonds is 6. The van der Waals surface area contributed by atoms with Crippen LogP contribution in [-0.4, -0.2) is 35.4 Å². The monoisotopic (exact) mass is 276 g/mol. The van der Waals surface area contributed by atoms with Gasteiger partial charge in [0.25, 0.3) is 0 Å². The molecule has 0 amide bonds. The van der Waals surface area contributed by atoms with E-state index < -0.39 is 15.3 Å². The molecule has 1 rings (SSSR count). The highest BCUT2D eigenvalue weighted by atomic mass is 35.5. The molecule has 6 heteroatoms. The second kappa shape index (κ2) is 6.33. The van der Waals surface area contributed by atoms with Gasteiger partial charge in [0.1, 0.15) is 0 Å². The number of aromatic nitrogens is 1. The van der Waals surface area contributed by atoms with Gasteiger partial charge in [-0.25, -0.2) is 8.42 Å². The van der Waals surface area contributed by atoms with Gasteiger partial charge in [-0.3, -0.25) is 4.98 Å². The van der Waals surface area contributed by atoms with E-state index in [0.29, 0.717) is 13.1 Å². The normalized spacial score (nSPS) is 13.9. The molecule has 1 unspecified atom stereocenters. The largest absolute Gasteiger partial charge is 0.265 e. The Morgan fingerprint density at radius 1 is 1.41 bits per heavy atom. The molecule has 0 bridgehead atoms. The van der Waals surface area contributed by atoms with Crippen LogP contribution in [0.4, 0.5) is 0 Å². The van der Waals surface area contributed by atoms with Gasteiger partial charge < -0.3 is 0 Å².